The van der Waals surface area contributed by atoms with Gasteiger partial charge in [0, 0.05) is 30.2 Å². The SMILES string of the molecule is Cc1ccc(C(=O)N2CCC(n3cc(-c4nccs4)nn3)CC2)cc1NS(C)(=O)=O. The van der Waals surface area contributed by atoms with E-state index in [1.165, 1.54) is 11.3 Å². The molecule has 0 aliphatic carbocycles. The van der Waals surface area contributed by atoms with Gasteiger partial charge < -0.3 is 4.90 Å². The molecule has 1 saturated heterocycles. The van der Waals surface area contributed by atoms with E-state index in [2.05, 4.69) is 20.0 Å². The van der Waals surface area contributed by atoms with Gasteiger partial charge in [0.05, 0.1) is 24.2 Å². The van der Waals surface area contributed by atoms with E-state index >= 15 is 0 Å². The van der Waals surface area contributed by atoms with Crippen molar-refractivity contribution in [2.24, 2.45) is 0 Å². The van der Waals surface area contributed by atoms with Crippen LogP contribution in [0.25, 0.3) is 10.7 Å². The Kier molecular flexibility index (Phi) is 5.56. The summed E-state index contributed by atoms with van der Waals surface area (Å²) in [4.78, 5) is 19.0. The average molecular weight is 447 g/mol. The third kappa shape index (κ3) is 4.51. The lowest BCUT2D eigenvalue weighted by Crippen LogP contribution is -2.39. The fourth-order valence-corrected chi connectivity index (χ4v) is 4.69. The Morgan fingerprint density at radius 1 is 1.27 bits per heavy atom. The molecule has 0 unspecified atom stereocenters. The summed E-state index contributed by atoms with van der Waals surface area (Å²) >= 11 is 1.52. The van der Waals surface area contributed by atoms with Crippen molar-refractivity contribution in [3.63, 3.8) is 0 Å². The number of piperidine rings is 1. The quantitative estimate of drug-likeness (QED) is 0.645. The van der Waals surface area contributed by atoms with Gasteiger partial charge in [0.15, 0.2) is 0 Å². The number of aromatic nitrogens is 4. The largest absolute Gasteiger partial charge is 0.338 e. The lowest BCUT2D eigenvalue weighted by Gasteiger charge is -2.32. The van der Waals surface area contributed by atoms with Crippen molar-refractivity contribution in [2.45, 2.75) is 25.8 Å². The molecule has 158 valence electrons. The summed E-state index contributed by atoms with van der Waals surface area (Å²) < 4.78 is 27.4. The van der Waals surface area contributed by atoms with Crippen LogP contribution >= 0.6 is 11.3 Å². The van der Waals surface area contributed by atoms with Crippen molar-refractivity contribution in [1.82, 2.24) is 24.9 Å². The van der Waals surface area contributed by atoms with Crippen molar-refractivity contribution < 1.29 is 13.2 Å². The lowest BCUT2D eigenvalue weighted by atomic mass is 10.0. The first kappa shape index (κ1) is 20.5. The number of anilines is 1. The summed E-state index contributed by atoms with van der Waals surface area (Å²) in [7, 11) is -3.41. The maximum Gasteiger partial charge on any atom is 0.253 e. The van der Waals surface area contributed by atoms with Gasteiger partial charge in [-0.3, -0.25) is 9.52 Å². The maximum absolute atomic E-state index is 12.9. The van der Waals surface area contributed by atoms with Gasteiger partial charge in [0.1, 0.15) is 10.7 Å². The molecule has 11 heteroatoms. The number of amides is 1. The van der Waals surface area contributed by atoms with Crippen LogP contribution in [0.15, 0.2) is 36.0 Å². The highest BCUT2D eigenvalue weighted by molar-refractivity contribution is 7.92. The second-order valence-electron chi connectivity index (χ2n) is 7.35. The van der Waals surface area contributed by atoms with Crippen LogP contribution in [-0.4, -0.2) is 58.5 Å². The number of benzene rings is 1. The molecule has 0 spiro atoms. The zero-order valence-electron chi connectivity index (χ0n) is 16.6. The lowest BCUT2D eigenvalue weighted by molar-refractivity contribution is 0.0689. The molecule has 0 saturated carbocycles. The number of nitrogens with zero attached hydrogens (tertiary/aromatic N) is 5. The fourth-order valence-electron chi connectivity index (χ4n) is 3.48. The minimum absolute atomic E-state index is 0.105. The highest BCUT2D eigenvalue weighted by Crippen LogP contribution is 2.26. The van der Waals surface area contributed by atoms with E-state index in [0.717, 1.165) is 35.4 Å². The molecule has 1 N–H and O–H groups in total. The molecule has 3 heterocycles. The number of hydrogen-bond acceptors (Lipinski definition) is 7. The molecule has 30 heavy (non-hydrogen) atoms. The van der Waals surface area contributed by atoms with Crippen LogP contribution in [-0.2, 0) is 10.0 Å². The first-order valence-electron chi connectivity index (χ1n) is 9.49. The summed E-state index contributed by atoms with van der Waals surface area (Å²) in [6.45, 7) is 2.99. The second kappa shape index (κ2) is 8.15. The Hall–Kier alpha value is -2.79. The van der Waals surface area contributed by atoms with Crippen LogP contribution < -0.4 is 4.72 Å². The normalized spacial score (nSPS) is 15.3. The van der Waals surface area contributed by atoms with E-state index in [4.69, 9.17) is 0 Å². The Bertz CT molecular complexity index is 1150. The van der Waals surface area contributed by atoms with Crippen molar-refractivity contribution in [3.05, 3.63) is 47.1 Å². The monoisotopic (exact) mass is 446 g/mol. The van der Waals surface area contributed by atoms with Gasteiger partial charge >= 0.3 is 0 Å². The van der Waals surface area contributed by atoms with Crippen LogP contribution in [0.2, 0.25) is 0 Å². The van der Waals surface area contributed by atoms with Crippen LogP contribution in [0.4, 0.5) is 5.69 Å². The van der Waals surface area contributed by atoms with E-state index < -0.39 is 10.0 Å². The highest BCUT2D eigenvalue weighted by Gasteiger charge is 2.26. The molecule has 1 aliphatic rings. The minimum atomic E-state index is -3.41. The summed E-state index contributed by atoms with van der Waals surface area (Å²) in [6, 6.07) is 5.26. The van der Waals surface area contributed by atoms with E-state index in [9.17, 15) is 13.2 Å². The van der Waals surface area contributed by atoms with Crippen LogP contribution in [0.3, 0.4) is 0 Å². The number of aryl methyl sites for hydroxylation is 1. The van der Waals surface area contributed by atoms with Gasteiger partial charge in [0.2, 0.25) is 10.0 Å². The maximum atomic E-state index is 12.9. The van der Waals surface area contributed by atoms with Crippen molar-refractivity contribution in [1.29, 1.82) is 0 Å². The summed E-state index contributed by atoms with van der Waals surface area (Å²) in [5.74, 6) is -0.105. The van der Waals surface area contributed by atoms with Gasteiger partial charge in [0.25, 0.3) is 5.91 Å². The zero-order chi connectivity index (χ0) is 21.3. The zero-order valence-corrected chi connectivity index (χ0v) is 18.3. The standard InChI is InChI=1S/C19H22N6O3S2/c1-13-3-4-14(11-16(13)22-30(2,27)28)19(26)24-8-5-15(6-9-24)25-12-17(21-23-25)18-20-7-10-29-18/h3-4,7,10-12,15,22H,5-6,8-9H2,1-2H3. The molecule has 0 bridgehead atoms. The smallest absolute Gasteiger partial charge is 0.253 e. The van der Waals surface area contributed by atoms with Gasteiger partial charge in [-0.25, -0.2) is 18.1 Å². The number of hydrogen-bond donors (Lipinski definition) is 1. The van der Waals surface area contributed by atoms with Crippen molar-refractivity contribution >= 4 is 33.0 Å². The number of sulfonamides is 1. The Labute approximate surface area is 178 Å². The summed E-state index contributed by atoms with van der Waals surface area (Å²) in [5, 5.41) is 11.2. The molecule has 0 atom stereocenters. The third-order valence-electron chi connectivity index (χ3n) is 5.07. The van der Waals surface area contributed by atoms with E-state index in [0.29, 0.717) is 24.3 Å². The first-order valence-corrected chi connectivity index (χ1v) is 12.3. The average Bonchev–Trinajstić information content (AvgIpc) is 3.40. The summed E-state index contributed by atoms with van der Waals surface area (Å²) in [6.07, 6.45) is 6.28. The Morgan fingerprint density at radius 2 is 2.03 bits per heavy atom. The fraction of sp³-hybridized carbons (Fsp3) is 0.368. The molecule has 1 amide bonds. The van der Waals surface area contributed by atoms with E-state index in [-0.39, 0.29) is 11.9 Å². The molecule has 1 aromatic carbocycles. The van der Waals surface area contributed by atoms with Gasteiger partial charge in [-0.15, -0.1) is 16.4 Å². The van der Waals surface area contributed by atoms with Crippen LogP contribution in [0, 0.1) is 6.92 Å². The van der Waals surface area contributed by atoms with Gasteiger partial charge in [-0.1, -0.05) is 11.3 Å². The predicted molar refractivity (Wildman–Crippen MR) is 115 cm³/mol. The third-order valence-corrected chi connectivity index (χ3v) is 6.45. The number of thiazole rings is 1. The van der Waals surface area contributed by atoms with Crippen molar-refractivity contribution in [3.8, 4) is 10.7 Å². The number of likely N-dealkylation sites (tertiary alicyclic amines) is 1. The number of carbonyl (C=O) groups excluding carboxylic acids is 1. The molecule has 1 fully saturated rings. The van der Waals surface area contributed by atoms with Gasteiger partial charge in [-0.05, 0) is 37.5 Å². The molecule has 9 nitrogen and oxygen atoms in total. The predicted octanol–water partition coefficient (Wildman–Crippen LogP) is 2.56. The van der Waals surface area contributed by atoms with Crippen LogP contribution in [0.5, 0.6) is 0 Å². The van der Waals surface area contributed by atoms with Crippen LogP contribution in [0.1, 0.15) is 34.8 Å². The highest BCUT2D eigenvalue weighted by atomic mass is 32.2. The number of carbonyl (C=O) groups is 1. The second-order valence-corrected chi connectivity index (χ2v) is 9.99. The number of rotatable bonds is 5. The summed E-state index contributed by atoms with van der Waals surface area (Å²) in [5.41, 5.74) is 2.42. The molecule has 4 rings (SSSR count). The topological polar surface area (TPSA) is 110 Å². The molecule has 0 radical (unpaired) electrons. The van der Waals surface area contributed by atoms with Crippen molar-refractivity contribution in [2.75, 3.05) is 24.1 Å². The molecule has 3 aromatic rings. The van der Waals surface area contributed by atoms with Gasteiger partial charge in [-0.2, -0.15) is 0 Å². The molecular formula is C19H22N6O3S2. The Balaban J connectivity index is 1.42. The molecule has 2 aromatic heterocycles. The minimum Gasteiger partial charge on any atom is -0.338 e. The first-order chi connectivity index (χ1) is 14.3. The van der Waals surface area contributed by atoms with E-state index in [1.54, 1.807) is 36.2 Å². The Morgan fingerprint density at radius 3 is 2.70 bits per heavy atom. The molecular weight excluding hydrogens is 424 g/mol. The molecule has 1 aliphatic heterocycles. The number of nitrogens with one attached hydrogen (secondary N) is 1. The van der Waals surface area contributed by atoms with E-state index in [1.807, 2.05) is 16.3 Å².